The summed E-state index contributed by atoms with van der Waals surface area (Å²) in [5, 5.41) is 27.3. The Morgan fingerprint density at radius 2 is 0.746 bits per heavy atom. The van der Waals surface area contributed by atoms with Gasteiger partial charge in [-0.05, 0) is 91.0 Å². The van der Waals surface area contributed by atoms with Crippen molar-refractivity contribution in [1.82, 2.24) is 4.40 Å². The minimum Gasteiger partial charge on any atom is -0.422 e. The lowest BCUT2D eigenvalue weighted by Gasteiger charge is -2.43. The zero-order valence-corrected chi connectivity index (χ0v) is 32.9. The van der Waals surface area contributed by atoms with Gasteiger partial charge in [-0.25, -0.2) is 9.59 Å². The van der Waals surface area contributed by atoms with Crippen LogP contribution < -0.4 is 11.3 Å². The van der Waals surface area contributed by atoms with Gasteiger partial charge < -0.3 is 13.2 Å². The predicted molar refractivity (Wildman–Crippen MR) is 241 cm³/mol. The molecule has 4 aromatic heterocycles. The van der Waals surface area contributed by atoms with Crippen LogP contribution in [0.2, 0.25) is 0 Å². The topological polar surface area (TPSA) is 112 Å². The molecule has 18 rings (SSSR count). The summed E-state index contributed by atoms with van der Waals surface area (Å²) < 4.78 is 14.6. The molecular formula is C56H25N3O4. The molecule has 0 radical (unpaired) electrons. The second kappa shape index (κ2) is 10.5. The minimum absolute atomic E-state index is 0.208. The highest BCUT2D eigenvalue weighted by Gasteiger charge is 2.47. The first-order valence-electron chi connectivity index (χ1n) is 21.3. The first-order chi connectivity index (χ1) is 31.1. The summed E-state index contributed by atoms with van der Waals surface area (Å²) in [6, 6.07) is 48.5. The highest BCUT2D eigenvalue weighted by molar-refractivity contribution is 6.42. The third kappa shape index (κ3) is 3.36. The average molecular weight is 804 g/mol. The molecule has 6 aliphatic rings. The predicted octanol–water partition coefficient (Wildman–Crippen LogP) is 11.4. The lowest BCUT2D eigenvalue weighted by Crippen LogP contribution is -2.29. The molecule has 0 saturated carbocycles. The maximum Gasteiger partial charge on any atom is 0.344 e. The Morgan fingerprint density at radius 3 is 1.10 bits per heavy atom. The number of hydrogen-bond acceptors (Lipinski definition) is 6. The molecule has 0 unspecified atom stereocenters. The average Bonchev–Trinajstić information content (AvgIpc) is 3.85. The van der Waals surface area contributed by atoms with E-state index >= 15 is 0 Å². The highest BCUT2D eigenvalue weighted by Crippen LogP contribution is 2.63. The first kappa shape index (κ1) is 32.3. The van der Waals surface area contributed by atoms with Gasteiger partial charge in [0.25, 0.3) is 0 Å². The fourth-order valence-corrected chi connectivity index (χ4v) is 13.5. The van der Waals surface area contributed by atoms with Crippen molar-refractivity contribution in [2.45, 2.75) is 23.7 Å². The Kier molecular flexibility index (Phi) is 5.38. The molecule has 4 heterocycles. The SMILES string of the molecule is N#Cc1cc2c(c3c1C1c4ccccc4C3c3ccccc31)c1c3c(=O)oc4cccc5oc(=O)c(c3c45)c3c4c5c(c(C#N)cc4n2c13)C1c2ccccc2C5c2ccccc21. The van der Waals surface area contributed by atoms with E-state index in [0.29, 0.717) is 60.1 Å². The van der Waals surface area contributed by atoms with Crippen LogP contribution in [0.25, 0.3) is 70.8 Å². The van der Waals surface area contributed by atoms with Crippen molar-refractivity contribution in [1.29, 1.82) is 10.5 Å². The maximum atomic E-state index is 15.0. The van der Waals surface area contributed by atoms with Crippen molar-refractivity contribution in [3.63, 3.8) is 0 Å². The molecule has 8 aromatic carbocycles. The smallest absolute Gasteiger partial charge is 0.344 e. The van der Waals surface area contributed by atoms with Crippen LogP contribution in [0.3, 0.4) is 0 Å². The standard InChI is InChI=1S/C56H25N3O4/c57-22-24-20-34-44(47-38(24)40-26-10-1-5-14-30(26)42(47)31-15-6-2-11-27(31)40)50-52-49-46-36(62-55(52)60)18-9-19-37(46)63-56(61)53(49)51-45-35(59(34)54(50)51)21-25(23-58)39-41-28-12-3-7-16-32(28)43(48(39)45)33-17-8-4-13-29(33)41/h1-21,40-43H. The van der Waals surface area contributed by atoms with Crippen LogP contribution in [-0.4, -0.2) is 4.40 Å². The highest BCUT2D eigenvalue weighted by atomic mass is 16.4. The number of fused-ring (bicyclic) bond motifs is 8. The summed E-state index contributed by atoms with van der Waals surface area (Å²) in [5.41, 5.74) is 16.1. The van der Waals surface area contributed by atoms with Crippen LogP contribution in [0.1, 0.15) is 102 Å². The van der Waals surface area contributed by atoms with E-state index in [2.05, 4.69) is 114 Å². The van der Waals surface area contributed by atoms with Gasteiger partial charge in [-0.3, -0.25) is 0 Å². The lowest BCUT2D eigenvalue weighted by atomic mass is 9.59. The van der Waals surface area contributed by atoms with Gasteiger partial charge in [-0.15, -0.1) is 0 Å². The number of benzene rings is 8. The van der Waals surface area contributed by atoms with E-state index in [1.54, 1.807) is 18.2 Å². The molecule has 7 nitrogen and oxygen atoms in total. The van der Waals surface area contributed by atoms with Gasteiger partial charge in [0.2, 0.25) is 0 Å². The van der Waals surface area contributed by atoms with Gasteiger partial charge in [0.05, 0.1) is 56.0 Å². The monoisotopic (exact) mass is 803 g/mol. The van der Waals surface area contributed by atoms with Gasteiger partial charge in [0, 0.05) is 50.6 Å². The number of aromatic nitrogens is 1. The van der Waals surface area contributed by atoms with Gasteiger partial charge in [-0.1, -0.05) is 103 Å². The second-order valence-corrected chi connectivity index (χ2v) is 17.7. The molecule has 0 fully saturated rings. The van der Waals surface area contributed by atoms with Crippen molar-refractivity contribution in [2.24, 2.45) is 0 Å². The molecule has 0 saturated heterocycles. The molecule has 288 valence electrons. The Morgan fingerprint density at radius 1 is 0.397 bits per heavy atom. The van der Waals surface area contributed by atoms with Crippen LogP contribution in [0.4, 0.5) is 0 Å². The Bertz CT molecular complexity index is 4070. The summed E-state index contributed by atoms with van der Waals surface area (Å²) >= 11 is 0. The van der Waals surface area contributed by atoms with E-state index in [9.17, 15) is 20.1 Å². The lowest BCUT2D eigenvalue weighted by molar-refractivity contribution is 0.558. The molecule has 0 amide bonds. The third-order valence-corrected chi connectivity index (χ3v) is 15.4. The summed E-state index contributed by atoms with van der Waals surface area (Å²) in [6.45, 7) is 0. The van der Waals surface area contributed by atoms with E-state index in [1.807, 2.05) is 12.1 Å². The number of hydrogen-bond donors (Lipinski definition) is 0. The van der Waals surface area contributed by atoms with Crippen molar-refractivity contribution < 1.29 is 8.83 Å². The van der Waals surface area contributed by atoms with Crippen LogP contribution >= 0.6 is 0 Å². The largest absolute Gasteiger partial charge is 0.422 e. The quantitative estimate of drug-likeness (QED) is 0.111. The number of rotatable bonds is 0. The fraction of sp³-hybridized carbons (Fsp3) is 0.0714. The second-order valence-electron chi connectivity index (χ2n) is 17.7. The summed E-state index contributed by atoms with van der Waals surface area (Å²) in [6.07, 6.45) is 0. The Labute approximate surface area is 355 Å². The van der Waals surface area contributed by atoms with E-state index in [1.165, 1.54) is 44.5 Å². The van der Waals surface area contributed by atoms with Crippen molar-refractivity contribution in [3.8, 4) is 12.1 Å². The minimum atomic E-state index is -0.548. The molecule has 0 atom stereocenters. The zero-order chi connectivity index (χ0) is 41.3. The Balaban J connectivity index is 1.22. The third-order valence-electron chi connectivity index (χ3n) is 15.4. The van der Waals surface area contributed by atoms with E-state index in [4.69, 9.17) is 8.83 Å². The van der Waals surface area contributed by atoms with Gasteiger partial charge in [0.15, 0.2) is 0 Å². The molecule has 12 aromatic rings. The molecule has 4 bridgehead atoms. The number of nitrogens with zero attached hydrogens (tertiary/aromatic N) is 3. The zero-order valence-electron chi connectivity index (χ0n) is 32.9. The van der Waals surface area contributed by atoms with E-state index in [-0.39, 0.29) is 23.7 Å². The molecule has 0 aliphatic heterocycles. The molecular weight excluding hydrogens is 779 g/mol. The van der Waals surface area contributed by atoms with Crippen LogP contribution in [0.5, 0.6) is 0 Å². The molecule has 63 heavy (non-hydrogen) atoms. The van der Waals surface area contributed by atoms with E-state index < -0.39 is 11.3 Å². The molecule has 0 spiro atoms. The van der Waals surface area contributed by atoms with Gasteiger partial charge in [-0.2, -0.15) is 10.5 Å². The fourth-order valence-electron chi connectivity index (χ4n) is 13.5. The maximum absolute atomic E-state index is 15.0. The van der Waals surface area contributed by atoms with Crippen molar-refractivity contribution in [3.05, 3.63) is 226 Å². The summed E-state index contributed by atoms with van der Waals surface area (Å²) in [5.74, 6) is -0.902. The van der Waals surface area contributed by atoms with Gasteiger partial charge >= 0.3 is 11.3 Å². The molecule has 0 N–H and O–H groups in total. The van der Waals surface area contributed by atoms with E-state index in [0.717, 1.165) is 44.1 Å². The normalized spacial score (nSPS) is 18.6. The molecule has 6 aliphatic carbocycles. The molecule has 7 heteroatoms. The first-order valence-corrected chi connectivity index (χ1v) is 21.3. The summed E-state index contributed by atoms with van der Waals surface area (Å²) in [4.78, 5) is 30.0. The van der Waals surface area contributed by atoms with Crippen molar-refractivity contribution in [2.75, 3.05) is 0 Å². The Hall–Kier alpha value is -8.52. The van der Waals surface area contributed by atoms with Crippen LogP contribution in [-0.2, 0) is 0 Å². The van der Waals surface area contributed by atoms with Crippen molar-refractivity contribution >= 4 is 70.8 Å². The summed E-state index contributed by atoms with van der Waals surface area (Å²) in [7, 11) is 0. The van der Waals surface area contributed by atoms with Crippen LogP contribution in [0.15, 0.2) is 146 Å². The number of nitriles is 2. The van der Waals surface area contributed by atoms with Gasteiger partial charge in [0.1, 0.15) is 11.2 Å². The van der Waals surface area contributed by atoms with Crippen LogP contribution in [0, 0.1) is 22.7 Å².